The molecule has 3 heteroatoms. The lowest BCUT2D eigenvalue weighted by molar-refractivity contribution is 0.183. The maximum absolute atomic E-state index is 12.4. The molecule has 0 aromatic heterocycles. The van der Waals surface area contributed by atoms with Crippen molar-refractivity contribution in [2.75, 3.05) is 0 Å². The second kappa shape index (κ2) is 8.18. The first-order chi connectivity index (χ1) is 11.1. The Morgan fingerprint density at radius 3 is 2.35 bits per heavy atom. The quantitative estimate of drug-likeness (QED) is 0.861. The lowest BCUT2D eigenvalue weighted by atomic mass is 10.1. The summed E-state index contributed by atoms with van der Waals surface area (Å²) in [5, 5.41) is 2.85. The van der Waals surface area contributed by atoms with Crippen molar-refractivity contribution in [2.24, 2.45) is 0 Å². The van der Waals surface area contributed by atoms with Gasteiger partial charge in [-0.2, -0.15) is 0 Å². The molecule has 2 aromatic rings. The molecule has 0 spiro atoms. The lowest BCUT2D eigenvalue weighted by Gasteiger charge is -2.26. The van der Waals surface area contributed by atoms with E-state index in [-0.39, 0.29) is 12.1 Å². The van der Waals surface area contributed by atoms with Crippen molar-refractivity contribution in [3.8, 4) is 0 Å². The number of nitrogens with one attached hydrogen (secondary N) is 1. The fourth-order valence-electron chi connectivity index (χ4n) is 2.24. The number of carbonyl (C=O) groups excluding carboxylic acids is 1. The maximum atomic E-state index is 12.4. The van der Waals surface area contributed by atoms with E-state index < -0.39 is 0 Å². The molecule has 0 saturated heterocycles. The second-order valence-electron chi connectivity index (χ2n) is 5.90. The van der Waals surface area contributed by atoms with E-state index in [1.807, 2.05) is 67.3 Å². The number of hydrogen-bond donors (Lipinski definition) is 1. The van der Waals surface area contributed by atoms with Gasteiger partial charge in [0.15, 0.2) is 0 Å². The van der Waals surface area contributed by atoms with Gasteiger partial charge in [0.05, 0.1) is 0 Å². The summed E-state index contributed by atoms with van der Waals surface area (Å²) >= 11 is 0. The van der Waals surface area contributed by atoms with Crippen LogP contribution in [0.2, 0.25) is 0 Å². The van der Waals surface area contributed by atoms with Crippen molar-refractivity contribution in [1.29, 1.82) is 0 Å². The molecule has 0 aliphatic carbocycles. The van der Waals surface area contributed by atoms with Crippen LogP contribution < -0.4 is 5.32 Å². The Labute approximate surface area is 138 Å². The summed E-state index contributed by atoms with van der Waals surface area (Å²) in [4.78, 5) is 14.2. The Bertz CT molecular complexity index is 645. The number of hydrogen-bond acceptors (Lipinski definition) is 1. The fraction of sp³-hybridized carbons (Fsp3) is 0.250. The molecule has 0 aliphatic heterocycles. The van der Waals surface area contributed by atoms with Crippen molar-refractivity contribution in [3.63, 3.8) is 0 Å². The van der Waals surface area contributed by atoms with Gasteiger partial charge in [-0.25, -0.2) is 4.79 Å². The van der Waals surface area contributed by atoms with Crippen molar-refractivity contribution in [1.82, 2.24) is 10.2 Å². The van der Waals surface area contributed by atoms with Gasteiger partial charge in [0, 0.05) is 18.8 Å². The average molecular weight is 308 g/mol. The summed E-state index contributed by atoms with van der Waals surface area (Å²) in [5.41, 5.74) is 3.41. The molecule has 0 heterocycles. The third-order valence-corrected chi connectivity index (χ3v) is 3.64. The molecule has 0 fully saturated rings. The maximum Gasteiger partial charge on any atom is 0.321 e. The van der Waals surface area contributed by atoms with Gasteiger partial charge < -0.3 is 10.2 Å². The molecule has 0 saturated carbocycles. The Kier molecular flexibility index (Phi) is 5.98. The third-order valence-electron chi connectivity index (χ3n) is 3.64. The number of rotatable bonds is 5. The van der Waals surface area contributed by atoms with Crippen LogP contribution in [0.15, 0.2) is 60.8 Å². The van der Waals surface area contributed by atoms with Gasteiger partial charge in [0.25, 0.3) is 0 Å². The number of nitrogens with zero attached hydrogens (tertiary/aromatic N) is 1. The van der Waals surface area contributed by atoms with Crippen molar-refractivity contribution < 1.29 is 4.79 Å². The molecular formula is C20H24N2O. The van der Waals surface area contributed by atoms with E-state index >= 15 is 0 Å². The molecular weight excluding hydrogens is 284 g/mol. The minimum Gasteiger partial charge on any atom is -0.318 e. The Morgan fingerprint density at radius 2 is 1.74 bits per heavy atom. The molecule has 1 N–H and O–H groups in total. The highest BCUT2D eigenvalue weighted by atomic mass is 16.2. The van der Waals surface area contributed by atoms with Crippen LogP contribution in [0.4, 0.5) is 4.79 Å². The first-order valence-corrected chi connectivity index (χ1v) is 7.90. The molecule has 0 radical (unpaired) electrons. The summed E-state index contributed by atoms with van der Waals surface area (Å²) in [6.45, 7) is 6.69. The van der Waals surface area contributed by atoms with Crippen LogP contribution in [-0.4, -0.2) is 17.0 Å². The van der Waals surface area contributed by atoms with Crippen molar-refractivity contribution in [3.05, 3.63) is 77.5 Å². The van der Waals surface area contributed by atoms with E-state index in [1.165, 1.54) is 5.56 Å². The summed E-state index contributed by atoms with van der Waals surface area (Å²) < 4.78 is 0. The van der Waals surface area contributed by atoms with E-state index in [4.69, 9.17) is 0 Å². The number of amides is 2. The molecule has 0 unspecified atom stereocenters. The van der Waals surface area contributed by atoms with Gasteiger partial charge in [-0.3, -0.25) is 0 Å². The van der Waals surface area contributed by atoms with Crippen LogP contribution >= 0.6 is 0 Å². The van der Waals surface area contributed by atoms with Gasteiger partial charge >= 0.3 is 6.03 Å². The molecule has 0 atom stereocenters. The summed E-state index contributed by atoms with van der Waals surface area (Å²) in [7, 11) is 0. The van der Waals surface area contributed by atoms with E-state index in [2.05, 4.69) is 24.4 Å². The van der Waals surface area contributed by atoms with Crippen LogP contribution in [-0.2, 0) is 6.54 Å². The largest absolute Gasteiger partial charge is 0.321 e. The average Bonchev–Trinajstić information content (AvgIpc) is 2.55. The molecule has 120 valence electrons. The number of benzene rings is 2. The van der Waals surface area contributed by atoms with Crippen LogP contribution in [0.5, 0.6) is 0 Å². The molecule has 2 rings (SSSR count). The Balaban J connectivity index is 1.97. The highest BCUT2D eigenvalue weighted by Crippen LogP contribution is 2.09. The van der Waals surface area contributed by atoms with Crippen LogP contribution in [0.25, 0.3) is 6.08 Å². The summed E-state index contributed by atoms with van der Waals surface area (Å²) in [5.74, 6) is 0. The van der Waals surface area contributed by atoms with E-state index in [9.17, 15) is 4.79 Å². The van der Waals surface area contributed by atoms with Crippen LogP contribution in [0.1, 0.15) is 30.5 Å². The van der Waals surface area contributed by atoms with Gasteiger partial charge in [0.2, 0.25) is 0 Å². The zero-order chi connectivity index (χ0) is 16.7. The molecule has 2 aromatic carbocycles. The van der Waals surface area contributed by atoms with Gasteiger partial charge in [0.1, 0.15) is 0 Å². The minimum atomic E-state index is -0.0905. The zero-order valence-corrected chi connectivity index (χ0v) is 14.0. The lowest BCUT2D eigenvalue weighted by Crippen LogP contribution is -2.41. The normalized spacial score (nSPS) is 11.0. The van der Waals surface area contributed by atoms with Crippen LogP contribution in [0.3, 0.4) is 0 Å². The molecule has 3 nitrogen and oxygen atoms in total. The Morgan fingerprint density at radius 1 is 1.09 bits per heavy atom. The zero-order valence-electron chi connectivity index (χ0n) is 14.0. The van der Waals surface area contributed by atoms with Gasteiger partial charge in [-0.05, 0) is 38.0 Å². The monoisotopic (exact) mass is 308 g/mol. The van der Waals surface area contributed by atoms with Gasteiger partial charge in [-0.15, -0.1) is 0 Å². The Hall–Kier alpha value is -2.55. The molecule has 0 bridgehead atoms. The van der Waals surface area contributed by atoms with E-state index in [0.29, 0.717) is 6.54 Å². The van der Waals surface area contributed by atoms with Crippen molar-refractivity contribution >= 4 is 12.1 Å². The van der Waals surface area contributed by atoms with Crippen molar-refractivity contribution in [2.45, 2.75) is 33.4 Å². The first-order valence-electron chi connectivity index (χ1n) is 7.90. The fourth-order valence-corrected chi connectivity index (χ4v) is 2.24. The van der Waals surface area contributed by atoms with Gasteiger partial charge in [-0.1, -0.05) is 60.2 Å². The standard InChI is InChI=1S/C20H24N2O/c1-16(2)22(15-19-7-5-4-6-8-19)20(23)21-14-13-18-11-9-17(3)10-12-18/h4-14,16H,15H2,1-3H3,(H,21,23)/b14-13+. The van der Waals surface area contributed by atoms with E-state index in [1.54, 1.807) is 6.20 Å². The highest BCUT2D eigenvalue weighted by molar-refractivity contribution is 5.76. The predicted octanol–water partition coefficient (Wildman–Crippen LogP) is 4.59. The summed E-state index contributed by atoms with van der Waals surface area (Å²) in [6, 6.07) is 18.2. The molecule has 0 aliphatic rings. The predicted molar refractivity (Wildman–Crippen MR) is 95.9 cm³/mol. The number of urea groups is 1. The highest BCUT2D eigenvalue weighted by Gasteiger charge is 2.15. The SMILES string of the molecule is Cc1ccc(/C=C/NC(=O)N(Cc2ccccc2)C(C)C)cc1. The first kappa shape index (κ1) is 16.8. The number of carbonyl (C=O) groups is 1. The molecule has 2 amide bonds. The second-order valence-corrected chi connectivity index (χ2v) is 5.90. The van der Waals surface area contributed by atoms with E-state index in [0.717, 1.165) is 11.1 Å². The smallest absolute Gasteiger partial charge is 0.318 e. The third kappa shape index (κ3) is 5.29. The number of aryl methyl sites for hydroxylation is 1. The minimum absolute atomic E-state index is 0.0905. The summed E-state index contributed by atoms with van der Waals surface area (Å²) in [6.07, 6.45) is 3.60. The topological polar surface area (TPSA) is 32.3 Å². The van der Waals surface area contributed by atoms with Crippen LogP contribution in [0, 0.1) is 6.92 Å². The molecule has 23 heavy (non-hydrogen) atoms.